The van der Waals surface area contributed by atoms with Gasteiger partial charge in [0.25, 0.3) is 0 Å². The second-order valence-corrected chi connectivity index (χ2v) is 2.34. The second kappa shape index (κ2) is 8.49. The van der Waals surface area contributed by atoms with Gasteiger partial charge in [-0.15, -0.1) is 0 Å². The predicted octanol–water partition coefficient (Wildman–Crippen LogP) is 0.176. The number of nitrogens with one attached hydrogen (secondary N) is 1. The molecule has 72 valence electrons. The van der Waals surface area contributed by atoms with Gasteiger partial charge in [-0.05, 0) is 6.42 Å². The zero-order valence-corrected chi connectivity index (χ0v) is 7.76. The van der Waals surface area contributed by atoms with Crippen LogP contribution in [-0.4, -0.2) is 39.4 Å². The number of ether oxygens (including phenoxy) is 2. The average Bonchev–Trinajstić information content (AvgIpc) is 2.10. The van der Waals surface area contributed by atoms with Crippen LogP contribution in [0.2, 0.25) is 0 Å². The second-order valence-electron chi connectivity index (χ2n) is 2.34. The van der Waals surface area contributed by atoms with Gasteiger partial charge in [0.1, 0.15) is 6.61 Å². The number of amides is 1. The molecule has 0 unspecified atom stereocenters. The Bertz CT molecular complexity index is 117. The summed E-state index contributed by atoms with van der Waals surface area (Å²) in [6, 6.07) is 0. The number of rotatable bonds is 7. The minimum Gasteiger partial charge on any atom is -0.379 e. The topological polar surface area (TPSA) is 47.6 Å². The first kappa shape index (κ1) is 11.4. The van der Waals surface area contributed by atoms with Crippen molar-refractivity contribution >= 4 is 5.91 Å². The Morgan fingerprint density at radius 2 is 1.92 bits per heavy atom. The Balaban J connectivity index is 2.95. The highest BCUT2D eigenvalue weighted by molar-refractivity contribution is 5.76. The fraction of sp³-hybridized carbons (Fsp3) is 0.875. The molecule has 0 aromatic rings. The average molecular weight is 175 g/mol. The molecule has 0 aromatic heterocycles. The van der Waals surface area contributed by atoms with Gasteiger partial charge in [-0.25, -0.2) is 0 Å². The van der Waals surface area contributed by atoms with E-state index in [1.54, 1.807) is 7.05 Å². The van der Waals surface area contributed by atoms with E-state index in [1.807, 2.05) is 6.92 Å². The number of carbonyl (C=O) groups excluding carboxylic acids is 1. The summed E-state index contributed by atoms with van der Waals surface area (Å²) in [6.45, 7) is 3.96. The summed E-state index contributed by atoms with van der Waals surface area (Å²) in [5.41, 5.74) is 0. The van der Waals surface area contributed by atoms with E-state index in [0.717, 1.165) is 13.0 Å². The summed E-state index contributed by atoms with van der Waals surface area (Å²) in [5.74, 6) is -0.106. The summed E-state index contributed by atoms with van der Waals surface area (Å²) in [7, 11) is 1.58. The van der Waals surface area contributed by atoms with Gasteiger partial charge in [0.2, 0.25) is 5.91 Å². The third-order valence-corrected chi connectivity index (χ3v) is 1.23. The van der Waals surface area contributed by atoms with Crippen molar-refractivity contribution in [1.82, 2.24) is 5.32 Å². The van der Waals surface area contributed by atoms with E-state index >= 15 is 0 Å². The first-order valence-electron chi connectivity index (χ1n) is 4.17. The fourth-order valence-corrected chi connectivity index (χ4v) is 0.601. The number of likely N-dealkylation sites (N-methyl/N-ethyl adjacent to an activating group) is 1. The SMILES string of the molecule is CCCOCCOCC(=O)NC. The maximum absolute atomic E-state index is 10.6. The predicted molar refractivity (Wildman–Crippen MR) is 46.0 cm³/mol. The van der Waals surface area contributed by atoms with Crippen LogP contribution in [-0.2, 0) is 14.3 Å². The standard InChI is InChI=1S/C8H17NO3/c1-3-4-11-5-6-12-7-8(10)9-2/h3-7H2,1-2H3,(H,9,10). The lowest BCUT2D eigenvalue weighted by atomic mass is 10.5. The largest absolute Gasteiger partial charge is 0.379 e. The molecule has 12 heavy (non-hydrogen) atoms. The molecule has 0 aromatic carbocycles. The van der Waals surface area contributed by atoms with Crippen LogP contribution in [0.3, 0.4) is 0 Å². The zero-order chi connectivity index (χ0) is 9.23. The van der Waals surface area contributed by atoms with Gasteiger partial charge in [0.15, 0.2) is 0 Å². The molecule has 4 heteroatoms. The van der Waals surface area contributed by atoms with Crippen LogP contribution >= 0.6 is 0 Å². The first-order chi connectivity index (χ1) is 5.81. The number of hydrogen-bond acceptors (Lipinski definition) is 3. The Kier molecular flexibility index (Phi) is 8.05. The normalized spacial score (nSPS) is 9.83. The molecule has 0 atom stereocenters. The monoisotopic (exact) mass is 175 g/mol. The molecule has 0 bridgehead atoms. The van der Waals surface area contributed by atoms with Gasteiger partial charge in [-0.2, -0.15) is 0 Å². The van der Waals surface area contributed by atoms with Crippen LogP contribution in [0.5, 0.6) is 0 Å². The molecule has 0 aliphatic carbocycles. The smallest absolute Gasteiger partial charge is 0.245 e. The van der Waals surface area contributed by atoms with Gasteiger partial charge in [-0.3, -0.25) is 4.79 Å². The van der Waals surface area contributed by atoms with E-state index in [9.17, 15) is 4.79 Å². The van der Waals surface area contributed by atoms with Crippen molar-refractivity contribution in [1.29, 1.82) is 0 Å². The summed E-state index contributed by atoms with van der Waals surface area (Å²) in [5, 5.41) is 2.46. The molecule has 0 spiro atoms. The molecule has 0 aliphatic heterocycles. The van der Waals surface area contributed by atoms with Gasteiger partial charge in [-0.1, -0.05) is 6.92 Å². The minimum atomic E-state index is -0.106. The van der Waals surface area contributed by atoms with E-state index in [4.69, 9.17) is 9.47 Å². The molecular formula is C8H17NO3. The zero-order valence-electron chi connectivity index (χ0n) is 7.76. The molecule has 0 radical (unpaired) electrons. The lowest BCUT2D eigenvalue weighted by Gasteiger charge is -2.03. The molecule has 0 saturated heterocycles. The summed E-state index contributed by atoms with van der Waals surface area (Å²) < 4.78 is 10.1. The van der Waals surface area contributed by atoms with Crippen LogP contribution in [0, 0.1) is 0 Å². The molecule has 4 nitrogen and oxygen atoms in total. The van der Waals surface area contributed by atoms with E-state index in [1.165, 1.54) is 0 Å². The maximum atomic E-state index is 10.6. The minimum absolute atomic E-state index is 0.106. The third-order valence-electron chi connectivity index (χ3n) is 1.23. The maximum Gasteiger partial charge on any atom is 0.245 e. The number of carbonyl (C=O) groups is 1. The summed E-state index contributed by atoms with van der Waals surface area (Å²) in [6.07, 6.45) is 1.01. The molecule has 0 fully saturated rings. The molecule has 1 N–H and O–H groups in total. The van der Waals surface area contributed by atoms with Gasteiger partial charge < -0.3 is 14.8 Å². The van der Waals surface area contributed by atoms with Crippen LogP contribution in [0.4, 0.5) is 0 Å². The fourth-order valence-electron chi connectivity index (χ4n) is 0.601. The van der Waals surface area contributed by atoms with Crippen molar-refractivity contribution < 1.29 is 14.3 Å². The quantitative estimate of drug-likeness (QED) is 0.561. The van der Waals surface area contributed by atoms with Crippen LogP contribution in [0.1, 0.15) is 13.3 Å². The van der Waals surface area contributed by atoms with Crippen molar-refractivity contribution in [2.45, 2.75) is 13.3 Å². The van der Waals surface area contributed by atoms with Crippen molar-refractivity contribution in [3.63, 3.8) is 0 Å². The van der Waals surface area contributed by atoms with E-state index in [2.05, 4.69) is 5.32 Å². The van der Waals surface area contributed by atoms with E-state index in [0.29, 0.717) is 13.2 Å². The highest BCUT2D eigenvalue weighted by Gasteiger charge is 1.95. The molecule has 0 rings (SSSR count). The van der Waals surface area contributed by atoms with Crippen LogP contribution in [0.15, 0.2) is 0 Å². The highest BCUT2D eigenvalue weighted by atomic mass is 16.5. The lowest BCUT2D eigenvalue weighted by molar-refractivity contribution is -0.125. The molecule has 1 amide bonds. The van der Waals surface area contributed by atoms with Crippen LogP contribution in [0.25, 0.3) is 0 Å². The summed E-state index contributed by atoms with van der Waals surface area (Å²) >= 11 is 0. The van der Waals surface area contributed by atoms with Crippen molar-refractivity contribution in [3.8, 4) is 0 Å². The van der Waals surface area contributed by atoms with Crippen molar-refractivity contribution in [2.75, 3.05) is 33.5 Å². The van der Waals surface area contributed by atoms with E-state index < -0.39 is 0 Å². The van der Waals surface area contributed by atoms with E-state index in [-0.39, 0.29) is 12.5 Å². The number of hydrogen-bond donors (Lipinski definition) is 1. The Morgan fingerprint density at radius 3 is 2.50 bits per heavy atom. The van der Waals surface area contributed by atoms with Crippen LogP contribution < -0.4 is 5.32 Å². The molecule has 0 aliphatic rings. The first-order valence-corrected chi connectivity index (χ1v) is 4.17. The summed E-state index contributed by atoms with van der Waals surface area (Å²) in [4.78, 5) is 10.6. The van der Waals surface area contributed by atoms with Gasteiger partial charge >= 0.3 is 0 Å². The Morgan fingerprint density at radius 1 is 1.25 bits per heavy atom. The van der Waals surface area contributed by atoms with Crippen molar-refractivity contribution in [3.05, 3.63) is 0 Å². The van der Waals surface area contributed by atoms with Gasteiger partial charge in [0, 0.05) is 13.7 Å². The van der Waals surface area contributed by atoms with Gasteiger partial charge in [0.05, 0.1) is 13.2 Å². The molecule has 0 heterocycles. The van der Waals surface area contributed by atoms with Crippen molar-refractivity contribution in [2.24, 2.45) is 0 Å². The Labute approximate surface area is 73.2 Å². The lowest BCUT2D eigenvalue weighted by Crippen LogP contribution is -2.24. The molecular weight excluding hydrogens is 158 g/mol. The highest BCUT2D eigenvalue weighted by Crippen LogP contribution is 1.81. The molecule has 0 saturated carbocycles. The third kappa shape index (κ3) is 7.50. The Hall–Kier alpha value is -0.610.